The second-order valence-electron chi connectivity index (χ2n) is 6.33. The van der Waals surface area contributed by atoms with Gasteiger partial charge in [-0.25, -0.2) is 4.79 Å². The largest absolute Gasteiger partial charge is 0.388 e. The zero-order valence-electron chi connectivity index (χ0n) is 13.2. The molecule has 1 aliphatic rings. The fourth-order valence-corrected chi connectivity index (χ4v) is 2.90. The van der Waals surface area contributed by atoms with Crippen LogP contribution in [0.15, 0.2) is 18.2 Å². The van der Waals surface area contributed by atoms with Crippen LogP contribution in [0.3, 0.4) is 0 Å². The lowest BCUT2D eigenvalue weighted by Crippen LogP contribution is -2.49. The van der Waals surface area contributed by atoms with Crippen LogP contribution in [-0.2, 0) is 0 Å². The third-order valence-corrected chi connectivity index (χ3v) is 4.08. The molecule has 4 N–H and O–H groups in total. The SMILES string of the molecule is Cc1ccc(NC(=O)N2CCC[C@H]2C(C)(C)O)cc1C(N)=O. The number of aliphatic hydroxyl groups is 1. The molecule has 2 rings (SSSR count). The second-order valence-corrected chi connectivity index (χ2v) is 6.33. The van der Waals surface area contributed by atoms with E-state index >= 15 is 0 Å². The summed E-state index contributed by atoms with van der Waals surface area (Å²) in [5, 5.41) is 12.9. The molecule has 1 atom stereocenters. The van der Waals surface area contributed by atoms with E-state index in [1.54, 1.807) is 43.9 Å². The van der Waals surface area contributed by atoms with Gasteiger partial charge in [0, 0.05) is 17.8 Å². The van der Waals surface area contributed by atoms with Crippen LogP contribution in [0.5, 0.6) is 0 Å². The molecule has 1 saturated heterocycles. The summed E-state index contributed by atoms with van der Waals surface area (Å²) in [6.45, 7) is 5.81. The lowest BCUT2D eigenvalue weighted by molar-refractivity contribution is 0.0117. The van der Waals surface area contributed by atoms with Gasteiger partial charge in [-0.2, -0.15) is 0 Å². The zero-order valence-corrected chi connectivity index (χ0v) is 13.2. The number of primary amides is 1. The van der Waals surface area contributed by atoms with Gasteiger partial charge < -0.3 is 21.1 Å². The summed E-state index contributed by atoms with van der Waals surface area (Å²) in [6.07, 6.45) is 1.64. The number of aryl methyl sites for hydroxylation is 1. The molecule has 1 aliphatic heterocycles. The van der Waals surface area contributed by atoms with Crippen LogP contribution >= 0.6 is 0 Å². The van der Waals surface area contributed by atoms with Crippen molar-refractivity contribution >= 4 is 17.6 Å². The van der Waals surface area contributed by atoms with Crippen LogP contribution in [-0.4, -0.2) is 40.1 Å². The summed E-state index contributed by atoms with van der Waals surface area (Å²) >= 11 is 0. The van der Waals surface area contributed by atoms with Gasteiger partial charge in [-0.05, 0) is 51.3 Å². The normalized spacial score (nSPS) is 18.4. The highest BCUT2D eigenvalue weighted by Crippen LogP contribution is 2.27. The van der Waals surface area contributed by atoms with E-state index in [9.17, 15) is 14.7 Å². The molecule has 0 saturated carbocycles. The molecule has 1 aromatic rings. The number of urea groups is 1. The van der Waals surface area contributed by atoms with Crippen molar-refractivity contribution in [2.75, 3.05) is 11.9 Å². The number of rotatable bonds is 3. The van der Waals surface area contributed by atoms with E-state index in [1.165, 1.54) is 0 Å². The number of carbonyl (C=O) groups is 2. The van der Waals surface area contributed by atoms with Gasteiger partial charge in [-0.3, -0.25) is 4.79 Å². The molecule has 0 spiro atoms. The van der Waals surface area contributed by atoms with E-state index in [4.69, 9.17) is 5.73 Å². The summed E-state index contributed by atoms with van der Waals surface area (Å²) < 4.78 is 0. The zero-order chi connectivity index (χ0) is 16.5. The van der Waals surface area contributed by atoms with Crippen molar-refractivity contribution in [1.82, 2.24) is 4.90 Å². The number of hydrogen-bond donors (Lipinski definition) is 3. The molecule has 0 aromatic heterocycles. The molecule has 120 valence electrons. The number of likely N-dealkylation sites (tertiary alicyclic amines) is 1. The van der Waals surface area contributed by atoms with Gasteiger partial charge in [-0.1, -0.05) is 6.07 Å². The topological polar surface area (TPSA) is 95.7 Å². The van der Waals surface area contributed by atoms with Gasteiger partial charge in [0.25, 0.3) is 0 Å². The van der Waals surface area contributed by atoms with Gasteiger partial charge in [0.05, 0.1) is 11.6 Å². The first-order valence-electron chi connectivity index (χ1n) is 7.40. The van der Waals surface area contributed by atoms with Gasteiger partial charge in [0.1, 0.15) is 0 Å². The number of anilines is 1. The van der Waals surface area contributed by atoms with Crippen LogP contribution in [0.1, 0.15) is 42.6 Å². The first-order chi connectivity index (χ1) is 10.2. The highest BCUT2D eigenvalue weighted by atomic mass is 16.3. The molecule has 0 radical (unpaired) electrons. The maximum Gasteiger partial charge on any atom is 0.322 e. The van der Waals surface area contributed by atoms with Crippen LogP contribution in [0.4, 0.5) is 10.5 Å². The van der Waals surface area contributed by atoms with Crippen molar-refractivity contribution in [1.29, 1.82) is 0 Å². The van der Waals surface area contributed by atoms with Crippen LogP contribution < -0.4 is 11.1 Å². The van der Waals surface area contributed by atoms with Gasteiger partial charge >= 0.3 is 6.03 Å². The molecule has 0 bridgehead atoms. The minimum absolute atomic E-state index is 0.214. The number of benzene rings is 1. The average molecular weight is 305 g/mol. The lowest BCUT2D eigenvalue weighted by atomic mass is 9.97. The monoisotopic (exact) mass is 305 g/mol. The summed E-state index contributed by atoms with van der Waals surface area (Å²) in [6, 6.07) is 4.56. The van der Waals surface area contributed by atoms with Crippen molar-refractivity contribution in [2.24, 2.45) is 5.73 Å². The average Bonchev–Trinajstić information content (AvgIpc) is 2.90. The number of nitrogens with zero attached hydrogens (tertiary/aromatic N) is 1. The van der Waals surface area contributed by atoms with Gasteiger partial charge in [0.2, 0.25) is 5.91 Å². The van der Waals surface area contributed by atoms with Gasteiger partial charge in [0.15, 0.2) is 0 Å². The highest BCUT2D eigenvalue weighted by molar-refractivity contribution is 5.97. The summed E-state index contributed by atoms with van der Waals surface area (Å²) in [4.78, 5) is 25.4. The molecule has 1 heterocycles. The van der Waals surface area contributed by atoms with Crippen molar-refractivity contribution in [3.05, 3.63) is 29.3 Å². The molecule has 1 fully saturated rings. The summed E-state index contributed by atoms with van der Waals surface area (Å²) in [5.41, 5.74) is 6.05. The fourth-order valence-electron chi connectivity index (χ4n) is 2.90. The summed E-state index contributed by atoms with van der Waals surface area (Å²) in [5.74, 6) is -0.524. The van der Waals surface area contributed by atoms with Crippen molar-refractivity contribution in [2.45, 2.75) is 45.3 Å². The number of nitrogens with one attached hydrogen (secondary N) is 1. The second kappa shape index (κ2) is 5.96. The van der Waals surface area contributed by atoms with Gasteiger partial charge in [-0.15, -0.1) is 0 Å². The number of amides is 3. The molecule has 3 amide bonds. The Labute approximate surface area is 130 Å². The number of nitrogens with two attached hydrogens (primary N) is 1. The molecule has 0 unspecified atom stereocenters. The minimum atomic E-state index is -0.945. The number of carbonyl (C=O) groups excluding carboxylic acids is 2. The first kappa shape index (κ1) is 16.3. The smallest absolute Gasteiger partial charge is 0.322 e. The van der Waals surface area contributed by atoms with E-state index < -0.39 is 11.5 Å². The Balaban J connectivity index is 2.15. The number of hydrogen-bond acceptors (Lipinski definition) is 3. The predicted molar refractivity (Wildman–Crippen MR) is 84.7 cm³/mol. The van der Waals surface area contributed by atoms with E-state index in [2.05, 4.69) is 5.32 Å². The molecular formula is C16H23N3O3. The Hall–Kier alpha value is -2.08. The standard InChI is InChI=1S/C16H23N3O3/c1-10-6-7-11(9-12(10)14(17)20)18-15(21)19-8-4-5-13(19)16(2,3)22/h6-7,9,13,22H,4-5,8H2,1-3H3,(H2,17,20)(H,18,21)/t13-/m0/s1. The van der Waals surface area contributed by atoms with Crippen LogP contribution in [0.25, 0.3) is 0 Å². The quantitative estimate of drug-likeness (QED) is 0.795. The molecular weight excluding hydrogens is 282 g/mol. The lowest BCUT2D eigenvalue weighted by Gasteiger charge is -2.33. The minimum Gasteiger partial charge on any atom is -0.388 e. The van der Waals surface area contributed by atoms with E-state index in [0.29, 0.717) is 17.8 Å². The van der Waals surface area contributed by atoms with E-state index in [-0.39, 0.29) is 12.1 Å². The van der Waals surface area contributed by atoms with Crippen molar-refractivity contribution < 1.29 is 14.7 Å². The Morgan fingerprint density at radius 1 is 1.41 bits per heavy atom. The van der Waals surface area contributed by atoms with E-state index in [0.717, 1.165) is 18.4 Å². The van der Waals surface area contributed by atoms with Crippen LogP contribution in [0.2, 0.25) is 0 Å². The Kier molecular flexibility index (Phi) is 4.42. The molecule has 6 nitrogen and oxygen atoms in total. The molecule has 6 heteroatoms. The molecule has 22 heavy (non-hydrogen) atoms. The maximum atomic E-state index is 12.4. The Morgan fingerprint density at radius 3 is 2.68 bits per heavy atom. The summed E-state index contributed by atoms with van der Waals surface area (Å²) in [7, 11) is 0. The highest BCUT2D eigenvalue weighted by Gasteiger charge is 2.38. The van der Waals surface area contributed by atoms with Crippen molar-refractivity contribution in [3.63, 3.8) is 0 Å². The molecule has 1 aromatic carbocycles. The maximum absolute atomic E-state index is 12.4. The van der Waals surface area contributed by atoms with Crippen molar-refractivity contribution in [3.8, 4) is 0 Å². The fraction of sp³-hybridized carbons (Fsp3) is 0.500. The Morgan fingerprint density at radius 2 is 2.09 bits per heavy atom. The van der Waals surface area contributed by atoms with Crippen LogP contribution in [0, 0.1) is 6.92 Å². The first-order valence-corrected chi connectivity index (χ1v) is 7.40. The Bertz CT molecular complexity index is 593. The predicted octanol–water partition coefficient (Wildman–Crippen LogP) is 1.86. The molecule has 0 aliphatic carbocycles. The third kappa shape index (κ3) is 3.39. The van der Waals surface area contributed by atoms with E-state index in [1.807, 2.05) is 0 Å². The third-order valence-electron chi connectivity index (χ3n) is 4.08.